The van der Waals surface area contributed by atoms with Gasteiger partial charge in [-0.05, 0) is 6.42 Å². The van der Waals surface area contributed by atoms with Crippen molar-refractivity contribution in [2.45, 2.75) is 25.7 Å². The van der Waals surface area contributed by atoms with E-state index in [-0.39, 0.29) is 11.8 Å². The summed E-state index contributed by atoms with van der Waals surface area (Å²) < 4.78 is 0. The van der Waals surface area contributed by atoms with Gasteiger partial charge in [-0.2, -0.15) is 0 Å². The van der Waals surface area contributed by atoms with Crippen LogP contribution in [0.3, 0.4) is 0 Å². The number of piperidine rings is 1. The third-order valence-electron chi connectivity index (χ3n) is 3.17. The second-order valence-corrected chi connectivity index (χ2v) is 4.48. The normalized spacial score (nSPS) is 16.3. The van der Waals surface area contributed by atoms with Gasteiger partial charge in [-0.25, -0.2) is 15.0 Å². The molecule has 0 radical (unpaired) electrons. The van der Waals surface area contributed by atoms with Gasteiger partial charge in [0.05, 0.1) is 6.20 Å². The van der Waals surface area contributed by atoms with Gasteiger partial charge >= 0.3 is 0 Å². The van der Waals surface area contributed by atoms with Crippen molar-refractivity contribution in [1.29, 1.82) is 0 Å². The number of fused-ring (bicyclic) bond motifs is 1. The van der Waals surface area contributed by atoms with Crippen molar-refractivity contribution in [2.24, 2.45) is 0 Å². The van der Waals surface area contributed by atoms with E-state index in [4.69, 9.17) is 0 Å². The van der Waals surface area contributed by atoms with Crippen LogP contribution in [-0.2, 0) is 16.0 Å². The van der Waals surface area contributed by atoms with Crippen LogP contribution in [0.2, 0.25) is 0 Å². The van der Waals surface area contributed by atoms with Crippen molar-refractivity contribution in [1.82, 2.24) is 24.8 Å². The van der Waals surface area contributed by atoms with E-state index in [1.807, 2.05) is 0 Å². The van der Waals surface area contributed by atoms with Gasteiger partial charge in [0.1, 0.15) is 17.7 Å². The van der Waals surface area contributed by atoms with Gasteiger partial charge in [0.2, 0.25) is 11.8 Å². The number of hydrogen-bond donors (Lipinski definition) is 1. The van der Waals surface area contributed by atoms with Crippen LogP contribution in [0, 0.1) is 0 Å². The molecule has 3 heterocycles. The molecule has 98 valence electrons. The number of imide groups is 1. The van der Waals surface area contributed by atoms with Crippen molar-refractivity contribution in [3.8, 4) is 0 Å². The van der Waals surface area contributed by atoms with Crippen molar-refractivity contribution in [2.75, 3.05) is 6.54 Å². The molecule has 1 N–H and O–H groups in total. The molecular weight excluding hydrogens is 246 g/mol. The lowest BCUT2D eigenvalue weighted by Crippen LogP contribution is -2.41. The lowest BCUT2D eigenvalue weighted by molar-refractivity contribution is -0.147. The van der Waals surface area contributed by atoms with Crippen LogP contribution in [0.1, 0.15) is 25.1 Å². The van der Waals surface area contributed by atoms with Gasteiger partial charge in [-0.1, -0.05) is 0 Å². The largest absolute Gasteiger partial charge is 0.326 e. The Kier molecular flexibility index (Phi) is 2.94. The summed E-state index contributed by atoms with van der Waals surface area (Å²) in [6.45, 7) is 0.366. The first-order valence-corrected chi connectivity index (χ1v) is 6.22. The second-order valence-electron chi connectivity index (χ2n) is 4.48. The summed E-state index contributed by atoms with van der Waals surface area (Å²) in [7, 11) is 0. The van der Waals surface area contributed by atoms with Crippen molar-refractivity contribution in [3.63, 3.8) is 0 Å². The van der Waals surface area contributed by atoms with Gasteiger partial charge in [0.25, 0.3) is 0 Å². The van der Waals surface area contributed by atoms with Gasteiger partial charge in [0, 0.05) is 25.8 Å². The van der Waals surface area contributed by atoms with E-state index in [0.717, 1.165) is 0 Å². The Morgan fingerprint density at radius 1 is 1.26 bits per heavy atom. The fraction of sp³-hybridized carbons (Fsp3) is 0.417. The van der Waals surface area contributed by atoms with E-state index in [2.05, 4.69) is 19.9 Å². The monoisotopic (exact) mass is 259 g/mol. The van der Waals surface area contributed by atoms with Gasteiger partial charge in [-0.3, -0.25) is 14.5 Å². The summed E-state index contributed by atoms with van der Waals surface area (Å²) in [5.74, 6) is 0.529. The number of nitrogens with zero attached hydrogens (tertiary/aromatic N) is 4. The number of carbonyl (C=O) groups excluding carboxylic acids is 2. The Labute approximate surface area is 109 Å². The molecule has 19 heavy (non-hydrogen) atoms. The van der Waals surface area contributed by atoms with Gasteiger partial charge in [0.15, 0.2) is 5.65 Å². The highest BCUT2D eigenvalue weighted by atomic mass is 16.2. The molecule has 1 aliphatic heterocycles. The smallest absolute Gasteiger partial charge is 0.229 e. The van der Waals surface area contributed by atoms with Crippen LogP contribution < -0.4 is 0 Å². The minimum Gasteiger partial charge on any atom is -0.326 e. The molecule has 0 unspecified atom stereocenters. The summed E-state index contributed by atoms with van der Waals surface area (Å²) in [4.78, 5) is 39.9. The fourth-order valence-corrected chi connectivity index (χ4v) is 2.20. The van der Waals surface area contributed by atoms with E-state index < -0.39 is 0 Å². The van der Waals surface area contributed by atoms with Crippen LogP contribution in [0.4, 0.5) is 0 Å². The van der Waals surface area contributed by atoms with Crippen LogP contribution in [-0.4, -0.2) is 43.2 Å². The molecule has 3 rings (SSSR count). The number of aromatic amines is 1. The van der Waals surface area contributed by atoms with Crippen molar-refractivity contribution >= 4 is 23.0 Å². The number of rotatable bonds is 3. The predicted molar refractivity (Wildman–Crippen MR) is 66.0 cm³/mol. The maximum atomic E-state index is 11.7. The predicted octanol–water partition coefficient (Wildman–Crippen LogP) is 0.434. The number of aromatic nitrogens is 4. The summed E-state index contributed by atoms with van der Waals surface area (Å²) in [6, 6.07) is 0. The first-order chi connectivity index (χ1) is 9.24. The highest BCUT2D eigenvalue weighted by molar-refractivity contribution is 5.97. The minimum absolute atomic E-state index is 0.0906. The molecule has 1 fully saturated rings. The maximum absolute atomic E-state index is 11.7. The summed E-state index contributed by atoms with van der Waals surface area (Å²) in [5, 5.41) is 0. The van der Waals surface area contributed by atoms with Crippen molar-refractivity contribution < 1.29 is 9.59 Å². The molecule has 0 bridgehead atoms. The highest BCUT2D eigenvalue weighted by Crippen LogP contribution is 2.13. The van der Waals surface area contributed by atoms with Gasteiger partial charge < -0.3 is 4.98 Å². The van der Waals surface area contributed by atoms with E-state index in [0.29, 0.717) is 49.2 Å². The Morgan fingerprint density at radius 2 is 2.05 bits per heavy atom. The number of likely N-dealkylation sites (tertiary alicyclic amines) is 1. The van der Waals surface area contributed by atoms with Crippen LogP contribution in [0.25, 0.3) is 11.2 Å². The van der Waals surface area contributed by atoms with E-state index in [1.165, 1.54) is 11.2 Å². The maximum Gasteiger partial charge on any atom is 0.229 e. The van der Waals surface area contributed by atoms with E-state index >= 15 is 0 Å². The Hall–Kier alpha value is -2.31. The average Bonchev–Trinajstić information content (AvgIpc) is 2.81. The molecule has 2 aromatic rings. The molecule has 0 atom stereocenters. The number of H-pyrrole nitrogens is 1. The molecule has 1 aliphatic rings. The number of carbonyl (C=O) groups is 2. The van der Waals surface area contributed by atoms with E-state index in [9.17, 15) is 9.59 Å². The molecule has 2 amide bonds. The Bertz CT molecular complexity index is 587. The molecule has 0 saturated carbocycles. The molecule has 0 spiro atoms. The Balaban J connectivity index is 1.71. The molecule has 1 saturated heterocycles. The first-order valence-electron chi connectivity index (χ1n) is 6.22. The number of hydrogen-bond acceptors (Lipinski definition) is 5. The first kappa shape index (κ1) is 11.8. The van der Waals surface area contributed by atoms with E-state index in [1.54, 1.807) is 6.20 Å². The van der Waals surface area contributed by atoms with Crippen LogP contribution >= 0.6 is 0 Å². The third kappa shape index (κ3) is 2.31. The minimum atomic E-state index is -0.0906. The zero-order valence-electron chi connectivity index (χ0n) is 10.3. The SMILES string of the molecule is O=C1CCCC(=O)N1CCc1nc2cncnc2[nH]1. The van der Waals surface area contributed by atoms with Gasteiger partial charge in [-0.15, -0.1) is 0 Å². The molecular formula is C12H13N5O2. The number of imidazole rings is 1. The zero-order chi connectivity index (χ0) is 13.2. The molecule has 0 aromatic carbocycles. The summed E-state index contributed by atoms with van der Waals surface area (Å²) in [5.41, 5.74) is 1.36. The highest BCUT2D eigenvalue weighted by Gasteiger charge is 2.25. The fourth-order valence-electron chi connectivity index (χ4n) is 2.20. The third-order valence-corrected chi connectivity index (χ3v) is 3.17. The topological polar surface area (TPSA) is 91.8 Å². The summed E-state index contributed by atoms with van der Waals surface area (Å²) >= 11 is 0. The molecule has 7 heteroatoms. The molecule has 0 aliphatic carbocycles. The molecule has 2 aromatic heterocycles. The molecule has 7 nitrogen and oxygen atoms in total. The average molecular weight is 259 g/mol. The lowest BCUT2D eigenvalue weighted by Gasteiger charge is -2.24. The number of nitrogens with one attached hydrogen (secondary N) is 1. The van der Waals surface area contributed by atoms with Crippen molar-refractivity contribution in [3.05, 3.63) is 18.3 Å². The standard InChI is InChI=1S/C12H13N5O2/c18-10-2-1-3-11(19)17(10)5-4-9-15-8-6-13-7-14-12(8)16-9/h6-7H,1-5H2,(H,13,14,15,16). The second kappa shape index (κ2) is 4.75. The van der Waals surface area contributed by atoms with Crippen LogP contribution in [0.15, 0.2) is 12.5 Å². The number of amides is 2. The lowest BCUT2D eigenvalue weighted by atomic mass is 10.1. The quantitative estimate of drug-likeness (QED) is 0.807. The summed E-state index contributed by atoms with van der Waals surface area (Å²) in [6.07, 6.45) is 5.15. The van der Waals surface area contributed by atoms with Crippen LogP contribution in [0.5, 0.6) is 0 Å². The Morgan fingerprint density at radius 3 is 2.79 bits per heavy atom. The zero-order valence-corrected chi connectivity index (χ0v) is 10.3.